The van der Waals surface area contributed by atoms with Crippen molar-refractivity contribution >= 4 is 5.91 Å². The zero-order valence-electron chi connectivity index (χ0n) is 9.87. The molecule has 2 heterocycles. The van der Waals surface area contributed by atoms with Gasteiger partial charge in [-0.05, 0) is 6.92 Å². The fourth-order valence-electron chi connectivity index (χ4n) is 1.41. The summed E-state index contributed by atoms with van der Waals surface area (Å²) in [4.78, 5) is 15.8. The van der Waals surface area contributed by atoms with Crippen molar-refractivity contribution in [2.75, 3.05) is 6.54 Å². The summed E-state index contributed by atoms with van der Waals surface area (Å²) in [5.41, 5.74) is 5.63. The molecule has 0 aliphatic rings. The number of nitrogens with zero attached hydrogens (tertiary/aromatic N) is 5. The SMILES string of the molecule is CC(NC(=O)c1cn(CCN)nn1)c1ncn[nH]1. The van der Waals surface area contributed by atoms with Crippen LogP contribution in [0.3, 0.4) is 0 Å². The third kappa shape index (κ3) is 2.69. The van der Waals surface area contributed by atoms with Crippen LogP contribution in [0.15, 0.2) is 12.5 Å². The molecule has 2 aromatic rings. The highest BCUT2D eigenvalue weighted by Gasteiger charge is 2.16. The molecule has 9 nitrogen and oxygen atoms in total. The minimum absolute atomic E-state index is 0.245. The molecule has 4 N–H and O–H groups in total. The molecule has 0 aliphatic heterocycles. The van der Waals surface area contributed by atoms with E-state index in [-0.39, 0.29) is 17.6 Å². The molecular formula is C9H14N8O. The summed E-state index contributed by atoms with van der Waals surface area (Å²) in [5.74, 6) is 0.264. The normalized spacial score (nSPS) is 12.3. The number of amides is 1. The van der Waals surface area contributed by atoms with Crippen LogP contribution in [-0.4, -0.2) is 42.6 Å². The molecule has 0 aliphatic carbocycles. The molecule has 0 saturated carbocycles. The predicted molar refractivity (Wildman–Crippen MR) is 61.3 cm³/mol. The predicted octanol–water partition coefficient (Wildman–Crippen LogP) is -1.15. The Morgan fingerprint density at radius 2 is 2.50 bits per heavy atom. The van der Waals surface area contributed by atoms with E-state index in [0.29, 0.717) is 18.9 Å². The number of rotatable bonds is 5. The van der Waals surface area contributed by atoms with Gasteiger partial charge in [0.05, 0.1) is 18.8 Å². The van der Waals surface area contributed by atoms with Gasteiger partial charge in [-0.25, -0.2) is 4.98 Å². The number of carbonyl (C=O) groups excluding carboxylic acids is 1. The van der Waals surface area contributed by atoms with E-state index in [2.05, 4.69) is 30.8 Å². The summed E-state index contributed by atoms with van der Waals surface area (Å²) < 4.78 is 1.52. The molecule has 0 bridgehead atoms. The van der Waals surface area contributed by atoms with Crippen molar-refractivity contribution in [1.82, 2.24) is 35.5 Å². The monoisotopic (exact) mass is 250 g/mol. The van der Waals surface area contributed by atoms with E-state index in [1.807, 2.05) is 0 Å². The fourth-order valence-corrected chi connectivity index (χ4v) is 1.41. The summed E-state index contributed by atoms with van der Waals surface area (Å²) in [5, 5.41) is 16.7. The van der Waals surface area contributed by atoms with E-state index in [1.54, 1.807) is 13.1 Å². The van der Waals surface area contributed by atoms with Crippen molar-refractivity contribution in [2.24, 2.45) is 5.73 Å². The third-order valence-corrected chi connectivity index (χ3v) is 2.32. The Bertz CT molecular complexity index is 504. The minimum Gasteiger partial charge on any atom is -0.341 e. The molecule has 1 atom stereocenters. The number of nitrogens with one attached hydrogen (secondary N) is 2. The number of H-pyrrole nitrogens is 1. The lowest BCUT2D eigenvalue weighted by atomic mass is 10.3. The molecule has 2 rings (SSSR count). The van der Waals surface area contributed by atoms with Gasteiger partial charge in [-0.15, -0.1) is 5.10 Å². The van der Waals surface area contributed by atoms with Crippen molar-refractivity contribution in [2.45, 2.75) is 19.5 Å². The molecule has 1 unspecified atom stereocenters. The summed E-state index contributed by atoms with van der Waals surface area (Å²) in [6.07, 6.45) is 2.94. The first kappa shape index (κ1) is 12.2. The second-order valence-corrected chi connectivity index (χ2v) is 3.72. The van der Waals surface area contributed by atoms with Crippen LogP contribution >= 0.6 is 0 Å². The highest BCUT2D eigenvalue weighted by Crippen LogP contribution is 2.05. The number of nitrogens with two attached hydrogens (primary N) is 1. The Hall–Kier alpha value is -2.29. The van der Waals surface area contributed by atoms with E-state index in [0.717, 1.165) is 0 Å². The van der Waals surface area contributed by atoms with E-state index in [9.17, 15) is 4.79 Å². The molecule has 9 heteroatoms. The molecule has 0 aromatic carbocycles. The molecule has 0 saturated heterocycles. The highest BCUT2D eigenvalue weighted by molar-refractivity contribution is 5.92. The second-order valence-electron chi connectivity index (χ2n) is 3.72. The Balaban J connectivity index is 1.98. The van der Waals surface area contributed by atoms with E-state index < -0.39 is 0 Å². The minimum atomic E-state index is -0.317. The first-order valence-corrected chi connectivity index (χ1v) is 5.47. The lowest BCUT2D eigenvalue weighted by Gasteiger charge is -2.08. The van der Waals surface area contributed by atoms with Crippen LogP contribution in [0.25, 0.3) is 0 Å². The van der Waals surface area contributed by atoms with Crippen LogP contribution < -0.4 is 11.1 Å². The van der Waals surface area contributed by atoms with Gasteiger partial charge in [-0.3, -0.25) is 14.6 Å². The van der Waals surface area contributed by atoms with Crippen LogP contribution in [0.5, 0.6) is 0 Å². The zero-order chi connectivity index (χ0) is 13.0. The van der Waals surface area contributed by atoms with Crippen LogP contribution in [0, 0.1) is 0 Å². The Kier molecular flexibility index (Phi) is 3.63. The molecular weight excluding hydrogens is 236 g/mol. The molecule has 1 amide bonds. The van der Waals surface area contributed by atoms with Gasteiger partial charge in [0, 0.05) is 6.54 Å². The van der Waals surface area contributed by atoms with Gasteiger partial charge in [0.2, 0.25) is 0 Å². The van der Waals surface area contributed by atoms with Gasteiger partial charge in [0.1, 0.15) is 12.2 Å². The zero-order valence-corrected chi connectivity index (χ0v) is 9.87. The van der Waals surface area contributed by atoms with E-state index >= 15 is 0 Å². The lowest BCUT2D eigenvalue weighted by Crippen LogP contribution is -2.27. The lowest BCUT2D eigenvalue weighted by molar-refractivity contribution is 0.0933. The maximum Gasteiger partial charge on any atom is 0.274 e. The highest BCUT2D eigenvalue weighted by atomic mass is 16.2. The van der Waals surface area contributed by atoms with Crippen molar-refractivity contribution in [3.63, 3.8) is 0 Å². The quantitative estimate of drug-likeness (QED) is 0.614. The Morgan fingerprint density at radius 3 is 3.17 bits per heavy atom. The first-order valence-electron chi connectivity index (χ1n) is 5.47. The maximum absolute atomic E-state index is 11.8. The summed E-state index contributed by atoms with van der Waals surface area (Å²) in [6.45, 7) is 2.76. The molecule has 0 spiro atoms. The third-order valence-electron chi connectivity index (χ3n) is 2.32. The largest absolute Gasteiger partial charge is 0.341 e. The van der Waals surface area contributed by atoms with Crippen molar-refractivity contribution in [3.8, 4) is 0 Å². The molecule has 0 radical (unpaired) electrons. The Morgan fingerprint density at radius 1 is 1.67 bits per heavy atom. The Labute approximate surface area is 103 Å². The number of aromatic nitrogens is 6. The topological polar surface area (TPSA) is 127 Å². The first-order chi connectivity index (χ1) is 8.70. The van der Waals surface area contributed by atoms with Crippen molar-refractivity contribution in [3.05, 3.63) is 24.0 Å². The van der Waals surface area contributed by atoms with Crippen LogP contribution in [0.2, 0.25) is 0 Å². The van der Waals surface area contributed by atoms with Gasteiger partial charge >= 0.3 is 0 Å². The molecule has 2 aromatic heterocycles. The molecule has 0 fully saturated rings. The number of aromatic amines is 1. The van der Waals surface area contributed by atoms with Crippen molar-refractivity contribution < 1.29 is 4.79 Å². The summed E-state index contributed by atoms with van der Waals surface area (Å²) in [6, 6.07) is -0.278. The number of hydrogen-bond donors (Lipinski definition) is 3. The van der Waals surface area contributed by atoms with Gasteiger partial charge < -0.3 is 11.1 Å². The molecule has 18 heavy (non-hydrogen) atoms. The fraction of sp³-hybridized carbons (Fsp3) is 0.444. The van der Waals surface area contributed by atoms with Gasteiger partial charge in [-0.1, -0.05) is 5.21 Å². The number of carbonyl (C=O) groups is 1. The maximum atomic E-state index is 11.8. The van der Waals surface area contributed by atoms with E-state index in [4.69, 9.17) is 5.73 Å². The van der Waals surface area contributed by atoms with Crippen LogP contribution in [-0.2, 0) is 6.54 Å². The van der Waals surface area contributed by atoms with Gasteiger partial charge in [-0.2, -0.15) is 5.10 Å². The van der Waals surface area contributed by atoms with Crippen molar-refractivity contribution in [1.29, 1.82) is 0 Å². The second kappa shape index (κ2) is 5.36. The average molecular weight is 250 g/mol. The molecule has 96 valence electrons. The van der Waals surface area contributed by atoms with Crippen LogP contribution in [0.4, 0.5) is 0 Å². The van der Waals surface area contributed by atoms with Gasteiger partial charge in [0.25, 0.3) is 5.91 Å². The van der Waals surface area contributed by atoms with E-state index in [1.165, 1.54) is 11.0 Å². The van der Waals surface area contributed by atoms with Crippen LogP contribution in [0.1, 0.15) is 29.3 Å². The summed E-state index contributed by atoms with van der Waals surface area (Å²) >= 11 is 0. The number of hydrogen-bond acceptors (Lipinski definition) is 6. The smallest absolute Gasteiger partial charge is 0.274 e. The van der Waals surface area contributed by atoms with Gasteiger partial charge in [0.15, 0.2) is 5.69 Å². The average Bonchev–Trinajstić information content (AvgIpc) is 3.00. The standard InChI is InChI=1S/C9H14N8O/c1-6(8-11-5-12-15-8)13-9(18)7-4-17(3-2-10)16-14-7/h4-6H,2-3,10H2,1H3,(H,13,18)(H,11,12,15). The summed E-state index contributed by atoms with van der Waals surface area (Å²) in [7, 11) is 0.